The lowest BCUT2D eigenvalue weighted by Gasteiger charge is -2.08. The van der Waals surface area contributed by atoms with E-state index in [-0.39, 0.29) is 17.0 Å². The van der Waals surface area contributed by atoms with Crippen LogP contribution in [0.4, 0.5) is 0 Å². The summed E-state index contributed by atoms with van der Waals surface area (Å²) in [7, 11) is -2.00. The molecule has 0 fully saturated rings. The molecule has 0 aliphatic carbocycles. The summed E-state index contributed by atoms with van der Waals surface area (Å²) in [6.45, 7) is 1.92. The lowest BCUT2D eigenvalue weighted by molar-refractivity contribution is -0.124. The molecule has 0 aromatic heterocycles. The summed E-state index contributed by atoms with van der Waals surface area (Å²) in [4.78, 5) is 23.9. The molecule has 0 unspecified atom stereocenters. The number of rotatable bonds is 10. The normalized spacial score (nSPS) is 11.0. The number of carbonyl (C=O) groups excluding carboxylic acids is 2. The number of amides is 1. The van der Waals surface area contributed by atoms with E-state index >= 15 is 0 Å². The van der Waals surface area contributed by atoms with E-state index in [1.807, 2.05) is 24.3 Å². The van der Waals surface area contributed by atoms with Gasteiger partial charge in [-0.15, -0.1) is 0 Å². The summed E-state index contributed by atoms with van der Waals surface area (Å²) in [5.41, 5.74) is 1.20. The first-order valence-electron chi connectivity index (χ1n) is 9.02. The van der Waals surface area contributed by atoms with Gasteiger partial charge in [0.2, 0.25) is 10.0 Å². The standard InChI is InChI=1S/C20H24N2O6S/c1-3-22-29(25,26)18-10-6-16(7-11-18)20(24)28-14-19(23)21-13-12-15-4-8-17(27-2)9-5-15/h4-11,22H,3,12-14H2,1-2H3,(H,21,23). The number of hydrogen-bond acceptors (Lipinski definition) is 6. The Bertz CT molecular complexity index is 924. The zero-order valence-corrected chi connectivity index (χ0v) is 17.1. The van der Waals surface area contributed by atoms with Crippen molar-refractivity contribution in [3.63, 3.8) is 0 Å². The maximum Gasteiger partial charge on any atom is 0.338 e. The predicted molar refractivity (Wildman–Crippen MR) is 107 cm³/mol. The minimum absolute atomic E-state index is 0.0483. The highest BCUT2D eigenvalue weighted by molar-refractivity contribution is 7.89. The summed E-state index contributed by atoms with van der Waals surface area (Å²) >= 11 is 0. The van der Waals surface area contributed by atoms with Gasteiger partial charge in [0.15, 0.2) is 6.61 Å². The van der Waals surface area contributed by atoms with E-state index in [1.54, 1.807) is 14.0 Å². The van der Waals surface area contributed by atoms with E-state index in [9.17, 15) is 18.0 Å². The molecule has 0 aliphatic heterocycles. The van der Waals surface area contributed by atoms with Crippen molar-refractivity contribution in [1.82, 2.24) is 10.0 Å². The lowest BCUT2D eigenvalue weighted by atomic mass is 10.1. The van der Waals surface area contributed by atoms with Crippen molar-refractivity contribution >= 4 is 21.9 Å². The minimum atomic E-state index is -3.59. The molecule has 2 aromatic rings. The van der Waals surface area contributed by atoms with Crippen molar-refractivity contribution in [2.75, 3.05) is 26.8 Å². The molecular weight excluding hydrogens is 396 g/mol. The van der Waals surface area contributed by atoms with Crippen LogP contribution >= 0.6 is 0 Å². The number of carbonyl (C=O) groups is 2. The summed E-state index contributed by atoms with van der Waals surface area (Å²) < 4.78 is 36.2. The summed E-state index contributed by atoms with van der Waals surface area (Å²) in [6, 6.07) is 12.8. The van der Waals surface area contributed by atoms with E-state index in [0.717, 1.165) is 11.3 Å². The second-order valence-electron chi connectivity index (χ2n) is 6.05. The highest BCUT2D eigenvalue weighted by Gasteiger charge is 2.15. The fraction of sp³-hybridized carbons (Fsp3) is 0.300. The maximum atomic E-state index is 12.0. The highest BCUT2D eigenvalue weighted by Crippen LogP contribution is 2.12. The fourth-order valence-electron chi connectivity index (χ4n) is 2.45. The van der Waals surface area contributed by atoms with Crippen molar-refractivity contribution in [2.24, 2.45) is 0 Å². The van der Waals surface area contributed by atoms with Gasteiger partial charge in [-0.2, -0.15) is 0 Å². The third kappa shape index (κ3) is 6.88. The Morgan fingerprint density at radius 1 is 1.00 bits per heavy atom. The Hall–Kier alpha value is -2.91. The second-order valence-corrected chi connectivity index (χ2v) is 7.82. The van der Waals surface area contributed by atoms with Crippen LogP contribution in [-0.2, 0) is 26.0 Å². The third-order valence-corrected chi connectivity index (χ3v) is 5.53. The minimum Gasteiger partial charge on any atom is -0.497 e. The van der Waals surface area contributed by atoms with Crippen LogP contribution in [0.15, 0.2) is 53.4 Å². The van der Waals surface area contributed by atoms with Crippen molar-refractivity contribution in [1.29, 1.82) is 0 Å². The molecular formula is C20H24N2O6S. The molecule has 0 bridgehead atoms. The summed E-state index contributed by atoms with van der Waals surface area (Å²) in [5.74, 6) is -0.363. The molecule has 156 valence electrons. The molecule has 0 radical (unpaired) electrons. The fourth-order valence-corrected chi connectivity index (χ4v) is 3.49. The number of ether oxygens (including phenoxy) is 2. The molecule has 2 rings (SSSR count). The van der Waals surface area contributed by atoms with Crippen LogP contribution in [0.2, 0.25) is 0 Å². The zero-order chi connectivity index (χ0) is 21.3. The van der Waals surface area contributed by atoms with Gasteiger partial charge in [0.25, 0.3) is 5.91 Å². The average Bonchev–Trinajstić information content (AvgIpc) is 2.72. The van der Waals surface area contributed by atoms with Crippen LogP contribution in [0.25, 0.3) is 0 Å². The number of benzene rings is 2. The van der Waals surface area contributed by atoms with Gasteiger partial charge in [-0.05, 0) is 48.4 Å². The van der Waals surface area contributed by atoms with E-state index in [2.05, 4.69) is 10.0 Å². The van der Waals surface area contributed by atoms with Crippen LogP contribution in [-0.4, -0.2) is 47.1 Å². The largest absolute Gasteiger partial charge is 0.497 e. The Kier molecular flexibility index (Phi) is 8.17. The SMILES string of the molecule is CCNS(=O)(=O)c1ccc(C(=O)OCC(=O)NCCc2ccc(OC)cc2)cc1. The summed E-state index contributed by atoms with van der Waals surface area (Å²) in [6.07, 6.45) is 0.630. The molecule has 8 nitrogen and oxygen atoms in total. The van der Waals surface area contributed by atoms with Gasteiger partial charge in [0.1, 0.15) is 5.75 Å². The number of methoxy groups -OCH3 is 1. The second kappa shape index (κ2) is 10.6. The number of esters is 1. The molecule has 0 saturated carbocycles. The van der Waals surface area contributed by atoms with Gasteiger partial charge in [0, 0.05) is 13.1 Å². The van der Waals surface area contributed by atoms with Crippen molar-refractivity contribution in [2.45, 2.75) is 18.2 Å². The topological polar surface area (TPSA) is 111 Å². The maximum absolute atomic E-state index is 12.0. The molecule has 2 aromatic carbocycles. The predicted octanol–water partition coefficient (Wildman–Crippen LogP) is 1.51. The Morgan fingerprint density at radius 2 is 1.66 bits per heavy atom. The molecule has 0 heterocycles. The summed E-state index contributed by atoms with van der Waals surface area (Å²) in [5, 5.41) is 2.67. The number of hydrogen-bond donors (Lipinski definition) is 2. The molecule has 1 amide bonds. The van der Waals surface area contributed by atoms with Crippen molar-refractivity contribution < 1.29 is 27.5 Å². The Morgan fingerprint density at radius 3 is 2.24 bits per heavy atom. The van der Waals surface area contributed by atoms with Gasteiger partial charge in [-0.1, -0.05) is 19.1 Å². The molecule has 0 atom stereocenters. The highest BCUT2D eigenvalue weighted by atomic mass is 32.2. The molecule has 2 N–H and O–H groups in total. The number of nitrogens with one attached hydrogen (secondary N) is 2. The van der Waals surface area contributed by atoms with E-state index in [4.69, 9.17) is 9.47 Å². The first kappa shape index (κ1) is 22.4. The average molecular weight is 420 g/mol. The molecule has 9 heteroatoms. The Labute approximate surface area is 170 Å². The number of sulfonamides is 1. The van der Waals surface area contributed by atoms with Gasteiger partial charge < -0.3 is 14.8 Å². The monoisotopic (exact) mass is 420 g/mol. The van der Waals surface area contributed by atoms with Crippen LogP contribution in [0.1, 0.15) is 22.8 Å². The molecule has 0 spiro atoms. The van der Waals surface area contributed by atoms with Crippen LogP contribution in [0, 0.1) is 0 Å². The van der Waals surface area contributed by atoms with Crippen molar-refractivity contribution in [3.05, 3.63) is 59.7 Å². The van der Waals surface area contributed by atoms with E-state index in [1.165, 1.54) is 24.3 Å². The van der Waals surface area contributed by atoms with Gasteiger partial charge in [-0.3, -0.25) is 4.79 Å². The van der Waals surface area contributed by atoms with Crippen molar-refractivity contribution in [3.8, 4) is 5.75 Å². The third-order valence-electron chi connectivity index (χ3n) is 3.96. The molecule has 0 aliphatic rings. The Balaban J connectivity index is 1.77. The van der Waals surface area contributed by atoms with Crippen LogP contribution in [0.3, 0.4) is 0 Å². The van der Waals surface area contributed by atoms with Gasteiger partial charge in [0.05, 0.1) is 17.6 Å². The molecule has 0 saturated heterocycles. The first-order chi connectivity index (χ1) is 13.9. The first-order valence-corrected chi connectivity index (χ1v) is 10.5. The quantitative estimate of drug-likeness (QED) is 0.564. The van der Waals surface area contributed by atoms with E-state index < -0.39 is 28.5 Å². The zero-order valence-electron chi connectivity index (χ0n) is 16.3. The smallest absolute Gasteiger partial charge is 0.338 e. The van der Waals surface area contributed by atoms with Gasteiger partial charge >= 0.3 is 5.97 Å². The van der Waals surface area contributed by atoms with E-state index in [0.29, 0.717) is 13.0 Å². The van der Waals surface area contributed by atoms with Crippen LogP contribution < -0.4 is 14.8 Å². The molecule has 29 heavy (non-hydrogen) atoms. The lowest BCUT2D eigenvalue weighted by Crippen LogP contribution is -2.30. The van der Waals surface area contributed by atoms with Gasteiger partial charge in [-0.25, -0.2) is 17.9 Å². The van der Waals surface area contributed by atoms with Crippen LogP contribution in [0.5, 0.6) is 5.75 Å².